The fourth-order valence-electron chi connectivity index (χ4n) is 2.68. The van der Waals surface area contributed by atoms with Gasteiger partial charge in [0.1, 0.15) is 11.7 Å². The third kappa shape index (κ3) is 9.85. The Hall–Kier alpha value is -1.07. The van der Waals surface area contributed by atoms with E-state index in [4.69, 9.17) is 14.2 Å². The number of nitrogens with one attached hydrogen (secondary N) is 1. The van der Waals surface area contributed by atoms with E-state index in [0.717, 1.165) is 6.42 Å². The summed E-state index contributed by atoms with van der Waals surface area (Å²) in [5.41, 5.74) is -0.524. The van der Waals surface area contributed by atoms with Crippen LogP contribution in [0.4, 0.5) is 4.79 Å². The van der Waals surface area contributed by atoms with Gasteiger partial charge in [-0.2, -0.15) is 0 Å². The van der Waals surface area contributed by atoms with Gasteiger partial charge in [-0.1, -0.05) is 44.8 Å². The Bertz CT molecular complexity index is 426. The molecule has 146 valence electrons. The van der Waals surface area contributed by atoms with Crippen LogP contribution in [-0.4, -0.2) is 36.2 Å². The topological polar surface area (TPSA) is 56.8 Å². The van der Waals surface area contributed by atoms with Gasteiger partial charge in [-0.25, -0.2) is 4.79 Å². The fourth-order valence-corrected chi connectivity index (χ4v) is 2.68. The van der Waals surface area contributed by atoms with Gasteiger partial charge in [-0.05, 0) is 47.5 Å². The van der Waals surface area contributed by atoms with Gasteiger partial charge >= 0.3 is 6.09 Å². The fraction of sp³-hybridized carbons (Fsp3) is 0.850. The van der Waals surface area contributed by atoms with Crippen molar-refractivity contribution in [2.45, 2.75) is 104 Å². The lowest BCUT2D eigenvalue weighted by Gasteiger charge is -2.40. The maximum atomic E-state index is 12.0. The molecule has 0 saturated carbocycles. The predicted octanol–water partition coefficient (Wildman–Crippen LogP) is 4.95. The van der Waals surface area contributed by atoms with E-state index in [0.29, 0.717) is 6.61 Å². The van der Waals surface area contributed by atoms with E-state index < -0.39 is 17.5 Å². The first kappa shape index (κ1) is 22.0. The monoisotopic (exact) mass is 355 g/mol. The summed E-state index contributed by atoms with van der Waals surface area (Å²) < 4.78 is 17.0. The summed E-state index contributed by atoms with van der Waals surface area (Å²) in [5, 5.41) is 2.87. The Labute approximate surface area is 153 Å². The molecular weight excluding hydrogens is 318 g/mol. The number of amides is 1. The summed E-state index contributed by atoms with van der Waals surface area (Å²) in [6.45, 7) is 11.9. The SMILES string of the molecule is CCCCCCC/C=C/[C@@H]1OC(C)(C)OC[C@@H]1NC(=O)OC(C)(C)C. The van der Waals surface area contributed by atoms with Crippen molar-refractivity contribution in [3.63, 3.8) is 0 Å². The Morgan fingerprint density at radius 3 is 2.56 bits per heavy atom. The van der Waals surface area contributed by atoms with Crippen molar-refractivity contribution in [3.8, 4) is 0 Å². The van der Waals surface area contributed by atoms with Gasteiger partial charge in [0.25, 0.3) is 0 Å². The van der Waals surface area contributed by atoms with Gasteiger partial charge in [0.05, 0.1) is 12.6 Å². The number of ether oxygens (including phenoxy) is 3. The number of carbonyl (C=O) groups excluding carboxylic acids is 1. The van der Waals surface area contributed by atoms with Crippen LogP contribution in [0.25, 0.3) is 0 Å². The largest absolute Gasteiger partial charge is 0.444 e. The number of allylic oxidation sites excluding steroid dienone is 1. The van der Waals surface area contributed by atoms with Crippen LogP contribution < -0.4 is 5.32 Å². The van der Waals surface area contributed by atoms with Gasteiger partial charge < -0.3 is 19.5 Å². The number of hydrogen-bond donors (Lipinski definition) is 1. The average Bonchev–Trinajstić information content (AvgIpc) is 2.46. The smallest absolute Gasteiger partial charge is 0.408 e. The Kier molecular flexibility index (Phi) is 8.94. The van der Waals surface area contributed by atoms with E-state index in [1.807, 2.05) is 40.7 Å². The van der Waals surface area contributed by atoms with Crippen LogP contribution in [0.3, 0.4) is 0 Å². The first-order valence-corrected chi connectivity index (χ1v) is 9.61. The van der Waals surface area contributed by atoms with Crippen molar-refractivity contribution in [2.24, 2.45) is 0 Å². The zero-order chi connectivity index (χ0) is 18.9. The molecule has 1 N–H and O–H groups in total. The minimum atomic E-state index is -0.651. The lowest BCUT2D eigenvalue weighted by atomic mass is 10.1. The third-order valence-corrected chi connectivity index (χ3v) is 3.93. The average molecular weight is 356 g/mol. The lowest BCUT2D eigenvalue weighted by molar-refractivity contribution is -0.271. The molecule has 5 heteroatoms. The Morgan fingerprint density at radius 2 is 1.92 bits per heavy atom. The highest BCUT2D eigenvalue weighted by molar-refractivity contribution is 5.68. The highest BCUT2D eigenvalue weighted by atomic mass is 16.7. The molecule has 0 spiro atoms. The van der Waals surface area contributed by atoms with E-state index >= 15 is 0 Å². The summed E-state index contributed by atoms with van der Waals surface area (Å²) in [4.78, 5) is 12.0. The molecule has 0 aromatic rings. The summed E-state index contributed by atoms with van der Waals surface area (Å²) in [5.74, 6) is -0.651. The summed E-state index contributed by atoms with van der Waals surface area (Å²) >= 11 is 0. The third-order valence-electron chi connectivity index (χ3n) is 3.93. The van der Waals surface area contributed by atoms with Crippen molar-refractivity contribution in [1.82, 2.24) is 5.32 Å². The molecule has 25 heavy (non-hydrogen) atoms. The minimum absolute atomic E-state index is 0.216. The maximum absolute atomic E-state index is 12.0. The molecule has 1 amide bonds. The molecular formula is C20H37NO4. The minimum Gasteiger partial charge on any atom is -0.444 e. The van der Waals surface area contributed by atoms with Gasteiger partial charge in [0, 0.05) is 0 Å². The van der Waals surface area contributed by atoms with E-state index in [1.54, 1.807) is 0 Å². The molecule has 1 saturated heterocycles. The molecule has 5 nitrogen and oxygen atoms in total. The maximum Gasteiger partial charge on any atom is 0.408 e. The molecule has 1 fully saturated rings. The van der Waals surface area contributed by atoms with E-state index in [1.165, 1.54) is 32.1 Å². The van der Waals surface area contributed by atoms with Gasteiger partial charge in [0.2, 0.25) is 0 Å². The standard InChI is InChI=1S/C20H37NO4/c1-7-8-9-10-11-12-13-14-17-16(15-23-20(5,6)24-17)21-18(22)25-19(2,3)4/h13-14,16-17H,7-12,15H2,1-6H3,(H,21,22)/b14-13+/t16-,17-/m0/s1. The van der Waals surface area contributed by atoms with Crippen LogP contribution >= 0.6 is 0 Å². The number of alkyl carbamates (subject to hydrolysis) is 1. The number of rotatable bonds is 8. The van der Waals surface area contributed by atoms with Crippen molar-refractivity contribution >= 4 is 6.09 Å². The second-order valence-electron chi connectivity index (χ2n) is 8.18. The first-order chi connectivity index (χ1) is 11.6. The molecule has 0 bridgehead atoms. The predicted molar refractivity (Wildman–Crippen MR) is 101 cm³/mol. The molecule has 1 aliphatic heterocycles. The van der Waals surface area contributed by atoms with Crippen LogP contribution in [0.1, 0.15) is 80.1 Å². The van der Waals surface area contributed by atoms with Crippen molar-refractivity contribution in [3.05, 3.63) is 12.2 Å². The molecule has 1 heterocycles. The zero-order valence-corrected chi connectivity index (χ0v) is 16.9. The van der Waals surface area contributed by atoms with Crippen molar-refractivity contribution < 1.29 is 19.0 Å². The van der Waals surface area contributed by atoms with E-state index in [2.05, 4.69) is 18.3 Å². The van der Waals surface area contributed by atoms with Gasteiger partial charge in [0.15, 0.2) is 5.79 Å². The lowest BCUT2D eigenvalue weighted by Crippen LogP contribution is -2.55. The number of hydrogen-bond acceptors (Lipinski definition) is 4. The first-order valence-electron chi connectivity index (χ1n) is 9.61. The quantitative estimate of drug-likeness (QED) is 0.494. The van der Waals surface area contributed by atoms with Crippen LogP contribution in [0, 0.1) is 0 Å². The zero-order valence-electron chi connectivity index (χ0n) is 16.9. The van der Waals surface area contributed by atoms with Crippen LogP contribution in [0.15, 0.2) is 12.2 Å². The molecule has 0 radical (unpaired) electrons. The van der Waals surface area contributed by atoms with E-state index in [9.17, 15) is 4.79 Å². The molecule has 0 aromatic heterocycles. The summed E-state index contributed by atoms with van der Waals surface area (Å²) in [7, 11) is 0. The molecule has 0 aliphatic carbocycles. The molecule has 0 unspecified atom stereocenters. The Morgan fingerprint density at radius 1 is 1.24 bits per heavy atom. The summed E-state index contributed by atoms with van der Waals surface area (Å²) in [6, 6.07) is -0.251. The second kappa shape index (κ2) is 10.2. The summed E-state index contributed by atoms with van der Waals surface area (Å²) in [6.07, 6.45) is 10.9. The van der Waals surface area contributed by atoms with Crippen LogP contribution in [-0.2, 0) is 14.2 Å². The molecule has 2 atom stereocenters. The number of unbranched alkanes of at least 4 members (excludes halogenated alkanes) is 5. The van der Waals surface area contributed by atoms with Crippen LogP contribution in [0.2, 0.25) is 0 Å². The second-order valence-corrected chi connectivity index (χ2v) is 8.18. The van der Waals surface area contributed by atoms with Gasteiger partial charge in [-0.15, -0.1) is 0 Å². The van der Waals surface area contributed by atoms with Gasteiger partial charge in [-0.3, -0.25) is 0 Å². The van der Waals surface area contributed by atoms with Crippen LogP contribution in [0.5, 0.6) is 0 Å². The molecule has 1 aliphatic rings. The van der Waals surface area contributed by atoms with E-state index in [-0.39, 0.29) is 12.1 Å². The molecule has 1 rings (SSSR count). The highest BCUT2D eigenvalue weighted by Crippen LogP contribution is 2.24. The van der Waals surface area contributed by atoms with Crippen molar-refractivity contribution in [1.29, 1.82) is 0 Å². The number of carbonyl (C=O) groups is 1. The Balaban J connectivity index is 2.52. The molecule has 0 aromatic carbocycles. The van der Waals surface area contributed by atoms with Crippen molar-refractivity contribution in [2.75, 3.05) is 6.61 Å². The normalized spacial score (nSPS) is 23.6. The highest BCUT2D eigenvalue weighted by Gasteiger charge is 2.36.